The van der Waals surface area contributed by atoms with Crippen molar-refractivity contribution < 1.29 is 108 Å². The number of carboxylic acid groups (broad SMARTS) is 1. The summed E-state index contributed by atoms with van der Waals surface area (Å²) in [5.74, 6) is -18.4. The van der Waals surface area contributed by atoms with Crippen LogP contribution in [-0.2, 0) is 67.1 Å². The predicted octanol–water partition coefficient (Wildman–Crippen LogP) is -9.89. The van der Waals surface area contributed by atoms with E-state index in [2.05, 4.69) is 31.9 Å². The lowest BCUT2D eigenvalue weighted by Gasteiger charge is -2.33. The highest BCUT2D eigenvalue weighted by molar-refractivity contribution is 6.01. The van der Waals surface area contributed by atoms with Crippen molar-refractivity contribution in [1.29, 1.82) is 0 Å². The molecule has 0 saturated carbocycles. The van der Waals surface area contributed by atoms with E-state index in [0.29, 0.717) is 0 Å². The molecule has 0 spiro atoms. The molecule has 4 aliphatic rings. The van der Waals surface area contributed by atoms with Gasteiger partial charge >= 0.3 is 11.9 Å². The number of carbonyl (C=O) groups is 13. The third-order valence-corrected chi connectivity index (χ3v) is 12.4. The first kappa shape index (κ1) is 65.4. The van der Waals surface area contributed by atoms with Crippen LogP contribution in [0, 0.1) is 0 Å². The maximum Gasteiger partial charge on any atom is 0.335 e. The number of nitrogens with two attached hydrogens (primary N) is 1. The summed E-state index contributed by atoms with van der Waals surface area (Å²) in [5.41, 5.74) is 4.00. The number of nitrogens with one attached hydrogen (secondary N) is 10. The third kappa shape index (κ3) is 17.4. The molecule has 36 heteroatoms. The minimum absolute atomic E-state index is 0.0305. The van der Waals surface area contributed by atoms with Crippen molar-refractivity contribution in [3.05, 3.63) is 28.4 Å². The molecule has 36 nitrogen and oxygen atoms in total. The summed E-state index contributed by atoms with van der Waals surface area (Å²) >= 11 is 0. The Hall–Kier alpha value is -9.10. The molecule has 4 rings (SSSR count). The zero-order chi connectivity index (χ0) is 61.4. The van der Waals surface area contributed by atoms with Crippen molar-refractivity contribution >= 4 is 88.4 Å². The van der Waals surface area contributed by atoms with E-state index >= 15 is 0 Å². The number of benzene rings is 1. The Morgan fingerprint density at radius 2 is 1.34 bits per heavy atom. The first-order valence-corrected chi connectivity index (χ1v) is 24.8. The maximum absolute atomic E-state index is 14.2. The Bertz CT molecular complexity index is 2830. The van der Waals surface area contributed by atoms with E-state index in [0.717, 1.165) is 37.5 Å². The monoisotopic (exact) mass is 1170 g/mol. The number of aromatic nitrogens is 1. The van der Waals surface area contributed by atoms with Crippen LogP contribution in [0.5, 0.6) is 5.75 Å². The predicted molar refractivity (Wildman–Crippen MR) is 271 cm³/mol. The summed E-state index contributed by atoms with van der Waals surface area (Å²) in [4.78, 5) is 184. The van der Waals surface area contributed by atoms with Gasteiger partial charge in [0.1, 0.15) is 66.9 Å². The van der Waals surface area contributed by atoms with Crippen LogP contribution in [0.1, 0.15) is 52.5 Å². The van der Waals surface area contributed by atoms with E-state index < -0.39 is 200 Å². The second-order valence-corrected chi connectivity index (χ2v) is 18.6. The quantitative estimate of drug-likeness (QED) is 0.0422. The molecule has 3 aliphatic heterocycles. The summed E-state index contributed by atoms with van der Waals surface area (Å²) in [6.07, 6.45) is -8.39. The lowest BCUT2D eigenvalue weighted by molar-refractivity contribution is -0.163. The first-order chi connectivity index (χ1) is 38.5. The number of hydroxylamine groups is 2. The van der Waals surface area contributed by atoms with Crippen molar-refractivity contribution in [2.24, 2.45) is 5.73 Å². The minimum Gasteiger partial charge on any atom is -0.504 e. The molecule has 0 aromatic rings. The number of phenols is 1. The van der Waals surface area contributed by atoms with Gasteiger partial charge in [-0.25, -0.2) is 14.7 Å². The Morgan fingerprint density at radius 1 is 0.768 bits per heavy atom. The van der Waals surface area contributed by atoms with Crippen LogP contribution < -0.4 is 64.3 Å². The second kappa shape index (κ2) is 29.4. The number of carbonyl (C=O) groups excluding carboxylic acids is 12. The summed E-state index contributed by atoms with van der Waals surface area (Å²) in [7, 11) is 0. The average Bonchev–Trinajstić information content (AvgIpc) is 3.39. The number of ether oxygens (including phenoxy) is 1. The molecule has 0 aromatic carbocycles. The number of carboxylic acids is 1. The van der Waals surface area contributed by atoms with Gasteiger partial charge in [-0.05, 0) is 45.2 Å². The van der Waals surface area contributed by atoms with E-state index in [-0.39, 0.29) is 47.2 Å². The number of amides is 11. The number of pyridine rings is 1. The van der Waals surface area contributed by atoms with Crippen LogP contribution >= 0.6 is 0 Å². The van der Waals surface area contributed by atoms with E-state index in [9.17, 15) is 108 Å². The zero-order valence-corrected chi connectivity index (χ0v) is 43.8. The van der Waals surface area contributed by atoms with Gasteiger partial charge in [-0.15, -0.1) is 0 Å². The average molecular weight is 1170 g/mol. The molecule has 82 heavy (non-hydrogen) atoms. The van der Waals surface area contributed by atoms with Gasteiger partial charge in [-0.3, -0.25) is 62.7 Å². The molecule has 11 amide bonds. The molecule has 1 saturated heterocycles. The number of hydrogen-bond donors (Lipinski definition) is 19. The number of hydrogen-bond acceptors (Lipinski definition) is 23. The van der Waals surface area contributed by atoms with Gasteiger partial charge in [0.15, 0.2) is 11.9 Å². The number of nitrogens with zero attached hydrogens (tertiary/aromatic N) is 2. The van der Waals surface area contributed by atoms with Gasteiger partial charge in [0.05, 0.1) is 43.7 Å². The van der Waals surface area contributed by atoms with E-state index in [1.807, 2.05) is 16.0 Å². The molecule has 450 valence electrons. The van der Waals surface area contributed by atoms with Crippen molar-refractivity contribution in [2.75, 3.05) is 50.1 Å². The standard InChI is InChI=1S/C46H63N13O23/c1-17-38(71)49-13-32(68)52-25(16-82-46(80)26-6-7-48-37-22(51-31(67)12-30(66)36(47)70)9-20-10-28(64)29(65)11-27(20)59(26)37)42(75)54-24(15-61)41(74)57-34(35(69)45(78)79)44(77)56-33(18(2)62)43(76)55-23(14-60)40(73)53-21(39(72)50-17)5-4-8-58(81)19(3)63/h9-11,17-18,21,23-26,30,33-35,48,60-62,64,66,69,81H,4-8,12-16H2,1-3H3,(H2,47,70)(H,49,71)(H,50,72)(H,51,67)(H,52,68)(H,53,73)(H,54,75)(H,55,76)(H,56,77)(H,57,74)(H,78,79)/t17?,18-,21?,23?,24?,25?,26?,30?,33+,34?,35?/m1/s1. The number of esters is 1. The fourth-order valence-electron chi connectivity index (χ4n) is 7.92. The number of primary amides is 1. The molecular weight excluding hydrogens is 1100 g/mol. The Balaban J connectivity index is 1.74. The van der Waals surface area contributed by atoms with Crippen LogP contribution in [-0.4, -0.2) is 228 Å². The van der Waals surface area contributed by atoms with Crippen LogP contribution in [0.3, 0.4) is 0 Å². The number of fused-ring (bicyclic) bond motifs is 3. The number of rotatable bonds is 16. The molecule has 9 unspecified atom stereocenters. The van der Waals surface area contributed by atoms with Gasteiger partial charge in [0.2, 0.25) is 70.4 Å². The van der Waals surface area contributed by atoms with Crippen LogP contribution in [0.2, 0.25) is 0 Å². The molecule has 1 fully saturated rings. The smallest absolute Gasteiger partial charge is 0.335 e. The molecular formula is C46H63N13O23. The fourth-order valence-corrected chi connectivity index (χ4v) is 7.92. The molecule has 20 N–H and O–H groups in total. The zero-order valence-electron chi connectivity index (χ0n) is 43.8. The van der Waals surface area contributed by atoms with Crippen LogP contribution in [0.25, 0.3) is 11.3 Å². The maximum atomic E-state index is 14.2. The Morgan fingerprint density at radius 3 is 1.94 bits per heavy atom. The Kier molecular flexibility index (Phi) is 23.4. The van der Waals surface area contributed by atoms with Gasteiger partial charge in [-0.1, -0.05) is 0 Å². The highest BCUT2D eigenvalue weighted by Gasteiger charge is 2.41. The Labute approximate surface area is 462 Å². The highest BCUT2D eigenvalue weighted by atomic mass is 16.5. The van der Waals surface area contributed by atoms with E-state index in [1.165, 1.54) is 6.07 Å². The lowest BCUT2D eigenvalue weighted by atomic mass is 10.0. The van der Waals surface area contributed by atoms with Gasteiger partial charge < -0.3 is 104 Å². The van der Waals surface area contributed by atoms with Crippen molar-refractivity contribution in [2.45, 2.75) is 113 Å². The molecule has 0 aromatic heterocycles. The third-order valence-electron chi connectivity index (χ3n) is 12.4. The van der Waals surface area contributed by atoms with E-state index in [1.54, 1.807) is 5.32 Å². The van der Waals surface area contributed by atoms with Crippen LogP contribution in [0.4, 0.5) is 11.5 Å². The van der Waals surface area contributed by atoms with Gasteiger partial charge in [0, 0.05) is 31.6 Å². The van der Waals surface area contributed by atoms with Crippen molar-refractivity contribution in [3.63, 3.8) is 0 Å². The first-order valence-electron chi connectivity index (χ1n) is 24.8. The molecule has 11 atom stereocenters. The van der Waals surface area contributed by atoms with Crippen molar-refractivity contribution in [3.8, 4) is 17.0 Å². The molecule has 0 radical (unpaired) electrons. The molecule has 1 aliphatic carbocycles. The number of aliphatic carboxylic acids is 1. The summed E-state index contributed by atoms with van der Waals surface area (Å²) in [6, 6.07) is -12.8. The summed E-state index contributed by atoms with van der Waals surface area (Å²) in [5, 5.41) is 103. The van der Waals surface area contributed by atoms with Gasteiger partial charge in [-0.2, -0.15) is 0 Å². The number of aromatic hydroxyl groups is 1. The lowest BCUT2D eigenvalue weighted by Crippen LogP contribution is -2.65. The topological polar surface area (TPSA) is 565 Å². The minimum atomic E-state index is -2.89. The molecule has 3 heterocycles. The summed E-state index contributed by atoms with van der Waals surface area (Å²) in [6.45, 7) is -2.29. The number of aliphatic hydroxyl groups excluding tert-OH is 5. The second-order valence-electron chi connectivity index (χ2n) is 18.6. The fraction of sp³-hybridized carbons (Fsp3) is 0.522. The van der Waals surface area contributed by atoms with Crippen LogP contribution in [0.15, 0.2) is 23.0 Å². The van der Waals surface area contributed by atoms with Gasteiger partial charge in [0.25, 0.3) is 0 Å². The SMILES string of the molecule is CC(=O)N(O)CCCC1NC(=O)C(CO)NC(=O)[C@H]([C@@H](C)O)NC(=O)C(C(O)C(=O)O)NC(=O)C(CO)NC(=O)C(COC(=O)C2CCNc3c(NC(=O)CC(O)C(N)=O)cc4cc(O)c(=O)cc-4n32)NC(=O)CNC(=O)C(C)NC1=O. The highest BCUT2D eigenvalue weighted by Crippen LogP contribution is 2.40. The number of phenolic OH excluding ortho intramolecular Hbond substituents is 1. The normalized spacial score (nSPS) is 23.8. The number of anilines is 2. The van der Waals surface area contributed by atoms with Crippen molar-refractivity contribution in [1.82, 2.24) is 52.2 Å². The largest absolute Gasteiger partial charge is 0.504 e. The summed E-state index contributed by atoms with van der Waals surface area (Å²) < 4.78 is 6.68. The van der Waals surface area contributed by atoms with E-state index in [4.69, 9.17) is 10.5 Å². The molecule has 0 bridgehead atoms. The number of aliphatic hydroxyl groups is 5.